The second kappa shape index (κ2) is 6.88. The number of halogens is 3. The van der Waals surface area contributed by atoms with Crippen LogP contribution in [0.3, 0.4) is 0 Å². The second-order valence-electron chi connectivity index (χ2n) is 6.03. The van der Waals surface area contributed by atoms with E-state index in [-0.39, 0.29) is 18.2 Å². The molecular weight excluding hydrogens is 381 g/mol. The molecular formula is C18H15F3N2O3S. The monoisotopic (exact) mass is 396 g/mol. The lowest BCUT2D eigenvalue weighted by molar-refractivity contribution is -0.137. The summed E-state index contributed by atoms with van der Waals surface area (Å²) in [6, 6.07) is 9.58. The van der Waals surface area contributed by atoms with E-state index in [1.807, 2.05) is 18.2 Å². The van der Waals surface area contributed by atoms with Crippen LogP contribution < -0.4 is 14.8 Å². The number of alkyl halides is 3. The summed E-state index contributed by atoms with van der Waals surface area (Å²) in [4.78, 5) is 14.3. The van der Waals surface area contributed by atoms with Crippen molar-refractivity contribution in [1.82, 2.24) is 4.90 Å². The highest BCUT2D eigenvalue weighted by Crippen LogP contribution is 2.42. The number of ether oxygens (including phenoxy) is 2. The SMILES string of the molecule is O=C(Nc1ccc(C(F)(F)F)cc1)N1CCSC1c1ccc2c(c1)OCO2. The van der Waals surface area contributed by atoms with Crippen LogP contribution in [-0.4, -0.2) is 30.0 Å². The van der Waals surface area contributed by atoms with Crippen LogP contribution in [0.2, 0.25) is 0 Å². The van der Waals surface area contributed by atoms with Gasteiger partial charge in [-0.3, -0.25) is 0 Å². The van der Waals surface area contributed by atoms with Gasteiger partial charge in [-0.1, -0.05) is 6.07 Å². The average molecular weight is 396 g/mol. The third kappa shape index (κ3) is 3.64. The molecule has 27 heavy (non-hydrogen) atoms. The normalized spacial score (nSPS) is 18.6. The molecule has 4 rings (SSSR count). The number of fused-ring (bicyclic) bond motifs is 1. The van der Waals surface area contributed by atoms with E-state index in [1.165, 1.54) is 12.1 Å². The molecule has 2 heterocycles. The number of amides is 2. The molecule has 2 aliphatic heterocycles. The zero-order valence-electron chi connectivity index (χ0n) is 14.0. The molecule has 1 fully saturated rings. The number of hydrogen-bond acceptors (Lipinski definition) is 4. The van der Waals surface area contributed by atoms with Crippen molar-refractivity contribution in [1.29, 1.82) is 0 Å². The Kier molecular flexibility index (Phi) is 4.55. The molecule has 0 aromatic heterocycles. The van der Waals surface area contributed by atoms with E-state index in [0.717, 1.165) is 23.4 Å². The zero-order chi connectivity index (χ0) is 19.0. The van der Waals surface area contributed by atoms with Crippen molar-refractivity contribution in [2.45, 2.75) is 11.6 Å². The van der Waals surface area contributed by atoms with Gasteiger partial charge < -0.3 is 19.7 Å². The van der Waals surface area contributed by atoms with Crippen molar-refractivity contribution >= 4 is 23.5 Å². The van der Waals surface area contributed by atoms with Gasteiger partial charge in [0, 0.05) is 18.0 Å². The van der Waals surface area contributed by atoms with E-state index in [2.05, 4.69) is 5.32 Å². The maximum Gasteiger partial charge on any atom is 0.416 e. The largest absolute Gasteiger partial charge is 0.454 e. The number of rotatable bonds is 2. The first-order valence-electron chi connectivity index (χ1n) is 8.18. The summed E-state index contributed by atoms with van der Waals surface area (Å²) < 4.78 is 48.6. The fraction of sp³-hybridized carbons (Fsp3) is 0.278. The number of nitrogens with zero attached hydrogens (tertiary/aromatic N) is 1. The predicted octanol–water partition coefficient (Wildman–Crippen LogP) is 4.71. The van der Waals surface area contributed by atoms with Gasteiger partial charge in [-0.25, -0.2) is 4.79 Å². The Morgan fingerprint density at radius 1 is 1.11 bits per heavy atom. The quantitative estimate of drug-likeness (QED) is 0.799. The smallest absolute Gasteiger partial charge is 0.416 e. The summed E-state index contributed by atoms with van der Waals surface area (Å²) >= 11 is 1.61. The number of urea groups is 1. The van der Waals surface area contributed by atoms with Crippen LogP contribution >= 0.6 is 11.8 Å². The predicted molar refractivity (Wildman–Crippen MR) is 94.9 cm³/mol. The molecule has 5 nitrogen and oxygen atoms in total. The van der Waals surface area contributed by atoms with Gasteiger partial charge >= 0.3 is 12.2 Å². The van der Waals surface area contributed by atoms with Gasteiger partial charge in [0.05, 0.1) is 5.56 Å². The lowest BCUT2D eigenvalue weighted by Gasteiger charge is -2.24. The second-order valence-corrected chi connectivity index (χ2v) is 7.22. The molecule has 2 aromatic rings. The molecule has 2 aliphatic rings. The fourth-order valence-corrected chi connectivity index (χ4v) is 4.20. The van der Waals surface area contributed by atoms with Crippen LogP contribution in [0.15, 0.2) is 42.5 Å². The van der Waals surface area contributed by atoms with Crippen LogP contribution in [0.4, 0.5) is 23.7 Å². The third-order valence-electron chi connectivity index (χ3n) is 4.30. The maximum absolute atomic E-state index is 12.6. The van der Waals surface area contributed by atoms with Crippen LogP contribution in [0, 0.1) is 0 Å². The van der Waals surface area contributed by atoms with Crippen LogP contribution in [0.25, 0.3) is 0 Å². The molecule has 0 bridgehead atoms. The summed E-state index contributed by atoms with van der Waals surface area (Å²) in [6.45, 7) is 0.713. The molecule has 142 valence electrons. The molecule has 1 atom stereocenters. The highest BCUT2D eigenvalue weighted by Gasteiger charge is 2.33. The van der Waals surface area contributed by atoms with Crippen molar-refractivity contribution in [2.75, 3.05) is 24.4 Å². The Morgan fingerprint density at radius 2 is 1.85 bits per heavy atom. The number of benzene rings is 2. The summed E-state index contributed by atoms with van der Waals surface area (Å²) in [5.41, 5.74) is 0.467. The summed E-state index contributed by atoms with van der Waals surface area (Å²) in [6.07, 6.45) is -4.40. The number of anilines is 1. The zero-order valence-corrected chi connectivity index (χ0v) is 14.8. The minimum absolute atomic E-state index is 0.175. The Balaban J connectivity index is 1.48. The number of nitrogens with one attached hydrogen (secondary N) is 1. The van der Waals surface area contributed by atoms with Crippen molar-refractivity contribution in [3.05, 3.63) is 53.6 Å². The maximum atomic E-state index is 12.6. The van der Waals surface area contributed by atoms with Gasteiger partial charge in [0.15, 0.2) is 11.5 Å². The Hall–Kier alpha value is -2.55. The summed E-state index contributed by atoms with van der Waals surface area (Å²) in [5, 5.41) is 2.46. The van der Waals surface area contributed by atoms with Gasteiger partial charge in [0.2, 0.25) is 6.79 Å². The van der Waals surface area contributed by atoms with Crippen LogP contribution in [0.5, 0.6) is 11.5 Å². The van der Waals surface area contributed by atoms with Crippen molar-refractivity contribution in [3.63, 3.8) is 0 Å². The Bertz CT molecular complexity index is 858. The first-order valence-corrected chi connectivity index (χ1v) is 9.23. The van der Waals surface area contributed by atoms with Crippen molar-refractivity contribution in [3.8, 4) is 11.5 Å². The number of hydrogen-bond donors (Lipinski definition) is 1. The van der Waals surface area contributed by atoms with E-state index >= 15 is 0 Å². The van der Waals surface area contributed by atoms with Gasteiger partial charge in [0.25, 0.3) is 0 Å². The average Bonchev–Trinajstić information content (AvgIpc) is 3.30. The number of carbonyl (C=O) groups excluding carboxylic acids is 1. The molecule has 0 radical (unpaired) electrons. The molecule has 0 spiro atoms. The van der Waals surface area contributed by atoms with Crippen molar-refractivity contribution < 1.29 is 27.4 Å². The molecule has 2 aromatic carbocycles. The van der Waals surface area contributed by atoms with E-state index < -0.39 is 11.7 Å². The molecule has 9 heteroatoms. The minimum atomic E-state index is -4.40. The third-order valence-corrected chi connectivity index (χ3v) is 5.56. The van der Waals surface area contributed by atoms with Gasteiger partial charge in [-0.2, -0.15) is 13.2 Å². The standard InChI is InChI=1S/C18H15F3N2O3S/c19-18(20,21)12-2-4-13(5-3-12)22-17(24)23-7-8-27-16(23)11-1-6-14-15(9-11)26-10-25-14/h1-6,9,16H,7-8,10H2,(H,22,24). The molecule has 1 N–H and O–H groups in total. The van der Waals surface area contributed by atoms with Crippen LogP contribution in [-0.2, 0) is 6.18 Å². The molecule has 0 aliphatic carbocycles. The number of carbonyl (C=O) groups is 1. The van der Waals surface area contributed by atoms with E-state index in [9.17, 15) is 18.0 Å². The van der Waals surface area contributed by atoms with E-state index in [4.69, 9.17) is 9.47 Å². The highest BCUT2D eigenvalue weighted by atomic mass is 32.2. The molecule has 2 amide bonds. The van der Waals surface area contributed by atoms with Gasteiger partial charge in [-0.15, -0.1) is 11.8 Å². The summed E-state index contributed by atoms with van der Waals surface area (Å²) in [5.74, 6) is 2.07. The minimum Gasteiger partial charge on any atom is -0.454 e. The molecule has 1 unspecified atom stereocenters. The Morgan fingerprint density at radius 3 is 2.59 bits per heavy atom. The van der Waals surface area contributed by atoms with Gasteiger partial charge in [0.1, 0.15) is 5.37 Å². The van der Waals surface area contributed by atoms with Crippen molar-refractivity contribution in [2.24, 2.45) is 0 Å². The van der Waals surface area contributed by atoms with E-state index in [0.29, 0.717) is 23.7 Å². The van der Waals surface area contributed by atoms with E-state index in [1.54, 1.807) is 16.7 Å². The first kappa shape index (κ1) is 17.8. The summed E-state index contributed by atoms with van der Waals surface area (Å²) in [7, 11) is 0. The lowest BCUT2D eigenvalue weighted by atomic mass is 10.2. The molecule has 0 saturated carbocycles. The lowest BCUT2D eigenvalue weighted by Crippen LogP contribution is -2.34. The first-order chi connectivity index (χ1) is 12.9. The Labute approximate surface area is 157 Å². The topological polar surface area (TPSA) is 50.8 Å². The highest BCUT2D eigenvalue weighted by molar-refractivity contribution is 7.99. The van der Waals surface area contributed by atoms with Gasteiger partial charge in [-0.05, 0) is 42.0 Å². The fourth-order valence-electron chi connectivity index (χ4n) is 2.96. The van der Waals surface area contributed by atoms with Crippen LogP contribution in [0.1, 0.15) is 16.5 Å². The number of thioether (sulfide) groups is 1. The molecule has 1 saturated heterocycles.